The molecule has 5 rings (SSSR count). The van der Waals surface area contributed by atoms with E-state index >= 15 is 0 Å². The van der Waals surface area contributed by atoms with E-state index in [-0.39, 0.29) is 34.4 Å². The summed E-state index contributed by atoms with van der Waals surface area (Å²) >= 11 is 6.01. The number of halogens is 5. The third-order valence-electron chi connectivity index (χ3n) is 5.70. The van der Waals surface area contributed by atoms with Gasteiger partial charge in [0, 0.05) is 36.1 Å². The molecule has 37 heavy (non-hydrogen) atoms. The van der Waals surface area contributed by atoms with E-state index in [9.17, 15) is 27.2 Å². The second-order valence-corrected chi connectivity index (χ2v) is 8.51. The van der Waals surface area contributed by atoms with Crippen LogP contribution in [0.3, 0.4) is 0 Å². The highest BCUT2D eigenvalue weighted by Crippen LogP contribution is 2.33. The minimum Gasteiger partial charge on any atom is -0.267 e. The molecular formula is C24H15ClF4N6O2. The SMILES string of the molecule is Cn1c(=O)c(-c2ccc(Cl)cc2)c(-c2ccnc(F)c2)c2nn(Cc3ccc(C(F)(F)F)nc3)c(=O)n21. The standard InChI is InChI=1S/C24H15ClF4N6O2/c1-33-22(36)20(14-3-5-16(25)6-4-14)19(15-8-9-30-18(26)10-15)21-32-34(23(37)35(21)33)12-13-2-7-17(31-11-13)24(27,28)29/h2-11H,12H2,1H3. The molecule has 0 saturated heterocycles. The summed E-state index contributed by atoms with van der Waals surface area (Å²) in [6.07, 6.45) is -2.40. The number of fused-ring (bicyclic) bond motifs is 1. The average Bonchev–Trinajstić information content (AvgIpc) is 3.17. The molecule has 8 nitrogen and oxygen atoms in total. The van der Waals surface area contributed by atoms with Gasteiger partial charge in [-0.3, -0.25) is 9.78 Å². The van der Waals surface area contributed by atoms with Crippen molar-refractivity contribution >= 4 is 17.2 Å². The van der Waals surface area contributed by atoms with Crippen molar-refractivity contribution in [2.45, 2.75) is 12.7 Å². The van der Waals surface area contributed by atoms with Gasteiger partial charge in [0.15, 0.2) is 5.65 Å². The summed E-state index contributed by atoms with van der Waals surface area (Å²) in [5, 5.41) is 4.81. The minimum atomic E-state index is -4.61. The molecule has 0 bridgehead atoms. The Hall–Kier alpha value is -4.32. The van der Waals surface area contributed by atoms with E-state index in [1.807, 2.05) is 0 Å². The molecule has 4 aromatic heterocycles. The first kappa shape index (κ1) is 24.4. The van der Waals surface area contributed by atoms with Crippen LogP contribution in [-0.2, 0) is 19.8 Å². The Bertz CT molecular complexity index is 1760. The van der Waals surface area contributed by atoms with Crippen LogP contribution < -0.4 is 11.2 Å². The van der Waals surface area contributed by atoms with E-state index in [0.29, 0.717) is 10.6 Å². The molecule has 4 heterocycles. The predicted octanol–water partition coefficient (Wildman–Crippen LogP) is 4.18. The Morgan fingerprint density at radius 1 is 0.946 bits per heavy atom. The van der Waals surface area contributed by atoms with Gasteiger partial charge >= 0.3 is 11.9 Å². The summed E-state index contributed by atoms with van der Waals surface area (Å²) in [7, 11) is 1.37. The minimum absolute atomic E-state index is 0.0301. The molecule has 13 heteroatoms. The van der Waals surface area contributed by atoms with Crippen molar-refractivity contribution < 1.29 is 17.6 Å². The van der Waals surface area contributed by atoms with Crippen molar-refractivity contribution in [3.8, 4) is 22.3 Å². The van der Waals surface area contributed by atoms with Gasteiger partial charge in [0.25, 0.3) is 5.56 Å². The summed E-state index contributed by atoms with van der Waals surface area (Å²) in [5.41, 5.74) is -1.05. The number of aryl methyl sites for hydroxylation is 1. The van der Waals surface area contributed by atoms with Gasteiger partial charge in [-0.1, -0.05) is 29.8 Å². The smallest absolute Gasteiger partial charge is 0.267 e. The molecule has 0 saturated carbocycles. The predicted molar refractivity (Wildman–Crippen MR) is 127 cm³/mol. The average molecular weight is 531 g/mol. The fourth-order valence-electron chi connectivity index (χ4n) is 3.97. The summed E-state index contributed by atoms with van der Waals surface area (Å²) in [6, 6.07) is 11.0. The lowest BCUT2D eigenvalue weighted by molar-refractivity contribution is -0.141. The van der Waals surface area contributed by atoms with Crippen LogP contribution in [0.1, 0.15) is 11.3 Å². The number of hydrogen-bond acceptors (Lipinski definition) is 5. The van der Waals surface area contributed by atoms with E-state index in [1.165, 1.54) is 25.4 Å². The van der Waals surface area contributed by atoms with Crippen LogP contribution in [0.25, 0.3) is 27.9 Å². The molecule has 0 N–H and O–H groups in total. The van der Waals surface area contributed by atoms with Gasteiger partial charge in [-0.15, -0.1) is 5.10 Å². The maximum atomic E-state index is 14.1. The van der Waals surface area contributed by atoms with Crippen LogP contribution in [0.4, 0.5) is 17.6 Å². The summed E-state index contributed by atoms with van der Waals surface area (Å²) < 4.78 is 55.8. The van der Waals surface area contributed by atoms with Gasteiger partial charge in [-0.25, -0.2) is 19.1 Å². The highest BCUT2D eigenvalue weighted by atomic mass is 35.5. The number of alkyl halides is 3. The molecule has 1 aromatic carbocycles. The van der Waals surface area contributed by atoms with Gasteiger partial charge in [0.05, 0.1) is 12.1 Å². The van der Waals surface area contributed by atoms with E-state index < -0.39 is 29.1 Å². The molecule has 0 radical (unpaired) electrons. The lowest BCUT2D eigenvalue weighted by Crippen LogP contribution is -2.33. The number of nitrogens with zero attached hydrogens (tertiary/aromatic N) is 6. The third kappa shape index (κ3) is 4.40. The maximum absolute atomic E-state index is 14.1. The van der Waals surface area contributed by atoms with Crippen LogP contribution in [0.2, 0.25) is 5.02 Å². The fourth-order valence-corrected chi connectivity index (χ4v) is 4.10. The van der Waals surface area contributed by atoms with Crippen molar-refractivity contribution in [2.24, 2.45) is 7.05 Å². The van der Waals surface area contributed by atoms with E-state index in [0.717, 1.165) is 32.2 Å². The van der Waals surface area contributed by atoms with Crippen molar-refractivity contribution in [1.29, 1.82) is 0 Å². The van der Waals surface area contributed by atoms with Crippen LogP contribution in [0.5, 0.6) is 0 Å². The molecule has 0 spiro atoms. The molecular weight excluding hydrogens is 516 g/mol. The summed E-state index contributed by atoms with van der Waals surface area (Å²) in [5.74, 6) is -0.809. The lowest BCUT2D eigenvalue weighted by Gasteiger charge is -2.13. The molecule has 188 valence electrons. The zero-order valence-corrected chi connectivity index (χ0v) is 19.6. The molecule has 0 aliphatic rings. The van der Waals surface area contributed by atoms with E-state index in [4.69, 9.17) is 11.6 Å². The van der Waals surface area contributed by atoms with Gasteiger partial charge in [0.2, 0.25) is 5.95 Å². The zero-order chi connectivity index (χ0) is 26.5. The largest absolute Gasteiger partial charge is 0.433 e. The zero-order valence-electron chi connectivity index (χ0n) is 18.9. The van der Waals surface area contributed by atoms with Crippen LogP contribution in [0.15, 0.2) is 70.5 Å². The van der Waals surface area contributed by atoms with Gasteiger partial charge < -0.3 is 0 Å². The van der Waals surface area contributed by atoms with E-state index in [2.05, 4.69) is 15.1 Å². The van der Waals surface area contributed by atoms with Crippen LogP contribution >= 0.6 is 11.6 Å². The van der Waals surface area contributed by atoms with Gasteiger partial charge in [-0.2, -0.15) is 22.1 Å². The number of hydrogen-bond donors (Lipinski definition) is 0. The lowest BCUT2D eigenvalue weighted by atomic mass is 9.97. The Balaban J connectivity index is 1.76. The van der Waals surface area contributed by atoms with Crippen LogP contribution in [-0.4, -0.2) is 28.9 Å². The number of pyridine rings is 2. The quantitative estimate of drug-likeness (QED) is 0.257. The topological polar surface area (TPSA) is 87.1 Å². The van der Waals surface area contributed by atoms with E-state index in [1.54, 1.807) is 24.3 Å². The molecule has 0 aliphatic carbocycles. The Labute approximate surface area is 210 Å². The van der Waals surface area contributed by atoms with Gasteiger partial charge in [0.1, 0.15) is 5.69 Å². The van der Waals surface area contributed by atoms with Crippen molar-refractivity contribution in [1.82, 2.24) is 28.9 Å². The monoisotopic (exact) mass is 530 g/mol. The Kier molecular flexibility index (Phi) is 5.91. The highest BCUT2D eigenvalue weighted by molar-refractivity contribution is 6.30. The first-order valence-electron chi connectivity index (χ1n) is 10.7. The Morgan fingerprint density at radius 3 is 2.30 bits per heavy atom. The summed E-state index contributed by atoms with van der Waals surface area (Å²) in [6.45, 7) is -0.222. The normalized spacial score (nSPS) is 11.8. The van der Waals surface area contributed by atoms with Crippen molar-refractivity contribution in [3.05, 3.63) is 104 Å². The fraction of sp³-hybridized carbons (Fsp3) is 0.125. The molecule has 0 unspecified atom stereocenters. The molecule has 0 amide bonds. The second kappa shape index (κ2) is 8.96. The second-order valence-electron chi connectivity index (χ2n) is 8.08. The molecule has 0 atom stereocenters. The number of aromatic nitrogens is 6. The molecule has 0 fully saturated rings. The van der Waals surface area contributed by atoms with Crippen molar-refractivity contribution in [2.75, 3.05) is 0 Å². The highest BCUT2D eigenvalue weighted by Gasteiger charge is 2.32. The summed E-state index contributed by atoms with van der Waals surface area (Å²) in [4.78, 5) is 33.7. The third-order valence-corrected chi connectivity index (χ3v) is 5.95. The Morgan fingerprint density at radius 2 is 1.68 bits per heavy atom. The van der Waals surface area contributed by atoms with Crippen LogP contribution in [0, 0.1) is 5.95 Å². The first-order valence-corrected chi connectivity index (χ1v) is 11.0. The number of benzene rings is 1. The van der Waals surface area contributed by atoms with Crippen molar-refractivity contribution in [3.63, 3.8) is 0 Å². The maximum Gasteiger partial charge on any atom is 0.433 e. The number of rotatable bonds is 4. The molecule has 0 aliphatic heterocycles. The molecule has 5 aromatic rings. The first-order chi connectivity index (χ1) is 17.5. The van der Waals surface area contributed by atoms with Gasteiger partial charge in [-0.05, 0) is 41.0 Å².